The molecule has 0 saturated carbocycles. The average Bonchev–Trinajstić information content (AvgIpc) is 3.09. The molecule has 0 fully saturated rings. The van der Waals surface area contributed by atoms with Gasteiger partial charge < -0.3 is 9.09 Å². The van der Waals surface area contributed by atoms with Gasteiger partial charge in [0.1, 0.15) is 0 Å². The van der Waals surface area contributed by atoms with Gasteiger partial charge in [0, 0.05) is 20.5 Å². The third-order valence-electron chi connectivity index (χ3n) is 3.41. The monoisotopic (exact) mass is 324 g/mol. The Morgan fingerprint density at radius 1 is 1.18 bits per heavy atom. The first-order chi connectivity index (χ1) is 10.4. The van der Waals surface area contributed by atoms with E-state index >= 15 is 0 Å². The molecule has 3 aromatic rings. The second-order valence-electron chi connectivity index (χ2n) is 4.80. The van der Waals surface area contributed by atoms with Crippen molar-refractivity contribution in [2.75, 3.05) is 0 Å². The molecule has 0 radical (unpaired) electrons. The summed E-state index contributed by atoms with van der Waals surface area (Å²) in [6.45, 7) is 2.02. The lowest BCUT2D eigenvalue weighted by Gasteiger charge is -2.05. The predicted molar refractivity (Wildman–Crippen MR) is 78.0 cm³/mol. The smallest absolute Gasteiger partial charge is 0.332 e. The van der Waals surface area contributed by atoms with Gasteiger partial charge in [0.05, 0.1) is 6.54 Å². The second-order valence-corrected chi connectivity index (χ2v) is 5.14. The second kappa shape index (κ2) is 5.09. The van der Waals surface area contributed by atoms with E-state index in [0.29, 0.717) is 18.1 Å². The molecule has 0 spiro atoms. The molecule has 9 nitrogen and oxygen atoms in total. The number of aromatic nitrogens is 6. The number of aryl methyl sites for hydroxylation is 2. The van der Waals surface area contributed by atoms with Crippen LogP contribution in [0, 0.1) is 0 Å². The van der Waals surface area contributed by atoms with E-state index in [9.17, 15) is 9.59 Å². The van der Waals surface area contributed by atoms with E-state index in [1.54, 1.807) is 0 Å². The average molecular weight is 325 g/mol. The summed E-state index contributed by atoms with van der Waals surface area (Å²) in [7, 11) is 2.93. The molecule has 0 amide bonds. The molecule has 0 N–H and O–H groups in total. The Morgan fingerprint density at radius 3 is 2.55 bits per heavy atom. The highest BCUT2D eigenvalue weighted by Crippen LogP contribution is 2.16. The molecule has 22 heavy (non-hydrogen) atoms. The van der Waals surface area contributed by atoms with E-state index in [-0.39, 0.29) is 23.0 Å². The van der Waals surface area contributed by atoms with Gasteiger partial charge in [-0.1, -0.05) is 12.1 Å². The van der Waals surface area contributed by atoms with E-state index < -0.39 is 11.2 Å². The van der Waals surface area contributed by atoms with E-state index in [1.165, 1.54) is 23.2 Å². The fourth-order valence-corrected chi connectivity index (χ4v) is 2.43. The van der Waals surface area contributed by atoms with Crippen molar-refractivity contribution >= 4 is 22.8 Å². The topological polar surface area (TPSA) is 101 Å². The van der Waals surface area contributed by atoms with E-state index in [2.05, 4.69) is 15.1 Å². The molecule has 116 valence electrons. The quantitative estimate of drug-likeness (QED) is 0.632. The SMILES string of the molecule is CCc1nc(Cn2c(Cl)nc3c2c(=O)n(C)c(=O)n3C)no1. The van der Waals surface area contributed by atoms with Crippen molar-refractivity contribution in [2.45, 2.75) is 19.9 Å². The van der Waals surface area contributed by atoms with Crippen molar-refractivity contribution in [1.82, 2.24) is 28.8 Å². The number of hydrogen-bond donors (Lipinski definition) is 0. The minimum absolute atomic E-state index is 0.0798. The summed E-state index contributed by atoms with van der Waals surface area (Å²) in [4.78, 5) is 32.5. The van der Waals surface area contributed by atoms with Crippen LogP contribution < -0.4 is 11.2 Å². The molecular weight excluding hydrogens is 312 g/mol. The van der Waals surface area contributed by atoms with Crippen LogP contribution in [0.3, 0.4) is 0 Å². The van der Waals surface area contributed by atoms with E-state index in [1.807, 2.05) is 6.92 Å². The molecular formula is C12H13ClN6O3. The molecule has 0 aliphatic heterocycles. The van der Waals surface area contributed by atoms with Crippen molar-refractivity contribution in [1.29, 1.82) is 0 Å². The zero-order chi connectivity index (χ0) is 16.0. The molecule has 0 aliphatic rings. The number of hydrogen-bond acceptors (Lipinski definition) is 6. The van der Waals surface area contributed by atoms with Gasteiger partial charge >= 0.3 is 5.69 Å². The standard InChI is InChI=1S/C12H13ClN6O3/c1-4-7-14-6(16-22-7)5-19-8-9(15-11(19)13)17(2)12(21)18(3)10(8)20/h4-5H2,1-3H3. The Bertz CT molecular complexity index is 979. The van der Waals surface area contributed by atoms with Crippen LogP contribution >= 0.6 is 11.6 Å². The van der Waals surface area contributed by atoms with Gasteiger partial charge in [-0.2, -0.15) is 9.97 Å². The van der Waals surface area contributed by atoms with Crippen molar-refractivity contribution in [3.63, 3.8) is 0 Å². The highest BCUT2D eigenvalue weighted by molar-refractivity contribution is 6.29. The third kappa shape index (κ3) is 2.05. The van der Waals surface area contributed by atoms with Gasteiger partial charge in [0.2, 0.25) is 11.2 Å². The highest BCUT2D eigenvalue weighted by atomic mass is 35.5. The lowest BCUT2D eigenvalue weighted by atomic mass is 10.4. The molecule has 0 atom stereocenters. The molecule has 3 rings (SSSR count). The first-order valence-corrected chi connectivity index (χ1v) is 6.95. The highest BCUT2D eigenvalue weighted by Gasteiger charge is 2.19. The zero-order valence-corrected chi connectivity index (χ0v) is 13.0. The van der Waals surface area contributed by atoms with Crippen LogP contribution in [0.15, 0.2) is 14.1 Å². The Balaban J connectivity index is 2.24. The maximum Gasteiger partial charge on any atom is 0.332 e. The summed E-state index contributed by atoms with van der Waals surface area (Å²) in [6, 6.07) is 0. The molecule has 0 bridgehead atoms. The Kier molecular flexibility index (Phi) is 3.36. The van der Waals surface area contributed by atoms with Gasteiger partial charge in [0.25, 0.3) is 5.56 Å². The zero-order valence-electron chi connectivity index (χ0n) is 12.2. The number of rotatable bonds is 3. The maximum atomic E-state index is 12.4. The predicted octanol–water partition coefficient (Wildman–Crippen LogP) is 0.0808. The van der Waals surface area contributed by atoms with Crippen molar-refractivity contribution in [3.05, 3.63) is 37.8 Å². The van der Waals surface area contributed by atoms with Crippen molar-refractivity contribution in [2.24, 2.45) is 14.1 Å². The van der Waals surface area contributed by atoms with Crippen LogP contribution in [0.25, 0.3) is 11.2 Å². The summed E-state index contributed by atoms with van der Waals surface area (Å²) in [5.41, 5.74) is -0.502. The summed E-state index contributed by atoms with van der Waals surface area (Å²) in [6.07, 6.45) is 0.613. The fourth-order valence-electron chi connectivity index (χ4n) is 2.20. The Labute approximate surface area is 128 Å². The third-order valence-corrected chi connectivity index (χ3v) is 3.70. The van der Waals surface area contributed by atoms with Crippen LogP contribution in [0.2, 0.25) is 5.28 Å². The molecule has 0 aromatic carbocycles. The summed E-state index contributed by atoms with van der Waals surface area (Å²) in [5, 5.41) is 3.91. The maximum absolute atomic E-state index is 12.4. The summed E-state index contributed by atoms with van der Waals surface area (Å²) < 4.78 is 8.77. The lowest BCUT2D eigenvalue weighted by Crippen LogP contribution is -2.37. The lowest BCUT2D eigenvalue weighted by molar-refractivity contribution is 0.375. The molecule has 0 aliphatic carbocycles. The van der Waals surface area contributed by atoms with Crippen LogP contribution in [-0.2, 0) is 27.1 Å². The molecule has 0 saturated heterocycles. The van der Waals surface area contributed by atoms with Gasteiger partial charge in [-0.05, 0) is 11.6 Å². The van der Waals surface area contributed by atoms with Crippen LogP contribution in [-0.4, -0.2) is 28.8 Å². The number of imidazole rings is 1. The number of nitrogens with zero attached hydrogens (tertiary/aromatic N) is 6. The fraction of sp³-hybridized carbons (Fsp3) is 0.417. The number of halogens is 1. The van der Waals surface area contributed by atoms with Gasteiger partial charge in [-0.15, -0.1) is 0 Å². The summed E-state index contributed by atoms with van der Waals surface area (Å²) in [5.74, 6) is 0.879. The Morgan fingerprint density at radius 2 is 1.91 bits per heavy atom. The van der Waals surface area contributed by atoms with Crippen molar-refractivity contribution in [3.8, 4) is 0 Å². The van der Waals surface area contributed by atoms with E-state index in [4.69, 9.17) is 16.1 Å². The molecule has 10 heteroatoms. The van der Waals surface area contributed by atoms with Gasteiger partial charge in [-0.3, -0.25) is 13.9 Å². The Hall–Kier alpha value is -2.42. The van der Waals surface area contributed by atoms with Crippen molar-refractivity contribution < 1.29 is 4.52 Å². The first-order valence-electron chi connectivity index (χ1n) is 6.57. The minimum Gasteiger partial charge on any atom is -0.339 e. The van der Waals surface area contributed by atoms with E-state index in [0.717, 1.165) is 4.57 Å². The molecule has 3 heterocycles. The van der Waals surface area contributed by atoms with Crippen LogP contribution in [0.1, 0.15) is 18.6 Å². The summed E-state index contributed by atoms with van der Waals surface area (Å²) >= 11 is 6.11. The number of fused-ring (bicyclic) bond motifs is 1. The normalized spacial score (nSPS) is 11.5. The largest absolute Gasteiger partial charge is 0.339 e. The van der Waals surface area contributed by atoms with Crippen LogP contribution in [0.4, 0.5) is 0 Å². The van der Waals surface area contributed by atoms with Crippen LogP contribution in [0.5, 0.6) is 0 Å². The minimum atomic E-state index is -0.475. The first kappa shape index (κ1) is 14.5. The molecule has 3 aromatic heterocycles. The van der Waals surface area contributed by atoms with Gasteiger partial charge in [0.15, 0.2) is 17.0 Å². The van der Waals surface area contributed by atoms with Gasteiger partial charge in [-0.25, -0.2) is 4.79 Å². The molecule has 0 unspecified atom stereocenters.